The second-order valence-corrected chi connectivity index (χ2v) is 6.27. The highest BCUT2D eigenvalue weighted by atomic mass is 35.5. The van der Waals surface area contributed by atoms with Crippen LogP contribution >= 0.6 is 23.4 Å². The summed E-state index contributed by atoms with van der Waals surface area (Å²) in [7, 11) is 1.71. The van der Waals surface area contributed by atoms with E-state index in [1.807, 2.05) is 30.0 Å². The highest BCUT2D eigenvalue weighted by Crippen LogP contribution is 2.30. The predicted octanol–water partition coefficient (Wildman–Crippen LogP) is 2.99. The number of ether oxygens (including phenoxy) is 1. The van der Waals surface area contributed by atoms with Crippen LogP contribution in [0.15, 0.2) is 30.3 Å². The molecule has 1 fully saturated rings. The van der Waals surface area contributed by atoms with Gasteiger partial charge in [0.2, 0.25) is 5.91 Å². The molecule has 0 saturated carbocycles. The Labute approximate surface area is 128 Å². The van der Waals surface area contributed by atoms with Crippen LogP contribution in [0.4, 0.5) is 0 Å². The molecule has 0 aliphatic carbocycles. The number of nitrogens with one attached hydrogen (secondary N) is 1. The lowest BCUT2D eigenvalue weighted by Gasteiger charge is -2.26. The zero-order chi connectivity index (χ0) is 14.4. The molecule has 1 atom stereocenters. The summed E-state index contributed by atoms with van der Waals surface area (Å²) in [5.74, 6) is 1.88. The van der Waals surface area contributed by atoms with Gasteiger partial charge in [-0.05, 0) is 29.9 Å². The van der Waals surface area contributed by atoms with Crippen LogP contribution in [0.2, 0.25) is 5.02 Å². The summed E-state index contributed by atoms with van der Waals surface area (Å²) < 4.78 is 5.55. The minimum absolute atomic E-state index is 0.127. The van der Waals surface area contributed by atoms with Crippen molar-refractivity contribution in [3.63, 3.8) is 0 Å². The number of carbonyl (C=O) groups is 1. The number of hydrogen-bond donors (Lipinski definition) is 1. The molecular formula is C15H18ClNO2S. The maximum absolute atomic E-state index is 11.8. The molecular weight excluding hydrogens is 294 g/mol. The summed E-state index contributed by atoms with van der Waals surface area (Å²) in [4.78, 5) is 11.8. The van der Waals surface area contributed by atoms with Crippen LogP contribution in [0.5, 0.6) is 0 Å². The van der Waals surface area contributed by atoms with Gasteiger partial charge in [-0.2, -0.15) is 11.8 Å². The second kappa shape index (κ2) is 7.16. The normalized spacial score (nSPS) is 22.3. The molecule has 1 aromatic rings. The number of thioether (sulfide) groups is 1. The molecule has 2 rings (SSSR count). The predicted molar refractivity (Wildman–Crippen MR) is 85.2 cm³/mol. The van der Waals surface area contributed by atoms with Crippen molar-refractivity contribution in [3.8, 4) is 0 Å². The van der Waals surface area contributed by atoms with Crippen molar-refractivity contribution in [1.29, 1.82) is 0 Å². The van der Waals surface area contributed by atoms with E-state index in [4.69, 9.17) is 16.3 Å². The van der Waals surface area contributed by atoms with Gasteiger partial charge in [0.25, 0.3) is 0 Å². The topological polar surface area (TPSA) is 38.3 Å². The fourth-order valence-electron chi connectivity index (χ4n) is 2.04. The van der Waals surface area contributed by atoms with Gasteiger partial charge >= 0.3 is 0 Å². The molecule has 108 valence electrons. The smallest absolute Gasteiger partial charge is 0.244 e. The van der Waals surface area contributed by atoms with Crippen LogP contribution in [0, 0.1) is 0 Å². The maximum atomic E-state index is 11.8. The van der Waals surface area contributed by atoms with Crippen molar-refractivity contribution in [3.05, 3.63) is 40.9 Å². The van der Waals surface area contributed by atoms with Crippen molar-refractivity contribution in [2.24, 2.45) is 0 Å². The molecule has 1 amide bonds. The van der Waals surface area contributed by atoms with Crippen molar-refractivity contribution in [2.75, 3.05) is 25.2 Å². The summed E-state index contributed by atoms with van der Waals surface area (Å²) >= 11 is 7.88. The summed E-state index contributed by atoms with van der Waals surface area (Å²) in [6.45, 7) is 0.544. The van der Waals surface area contributed by atoms with E-state index in [-0.39, 0.29) is 11.5 Å². The first-order valence-corrected chi connectivity index (χ1v) is 8.02. The largest absolute Gasteiger partial charge is 0.376 e. The van der Waals surface area contributed by atoms with Gasteiger partial charge in [-0.3, -0.25) is 4.79 Å². The molecule has 1 unspecified atom stereocenters. The van der Waals surface area contributed by atoms with Gasteiger partial charge in [0, 0.05) is 30.5 Å². The quantitative estimate of drug-likeness (QED) is 0.850. The number of rotatable bonds is 5. The zero-order valence-corrected chi connectivity index (χ0v) is 13.0. The van der Waals surface area contributed by atoms with Crippen LogP contribution in [0.25, 0.3) is 6.08 Å². The SMILES string of the molecule is COC1(CNC(=O)C=Cc2ccccc2Cl)CCSC1. The van der Waals surface area contributed by atoms with E-state index in [1.165, 1.54) is 6.08 Å². The van der Waals surface area contributed by atoms with E-state index in [0.29, 0.717) is 11.6 Å². The Balaban J connectivity index is 1.88. The first kappa shape index (κ1) is 15.4. The Morgan fingerprint density at radius 1 is 1.55 bits per heavy atom. The van der Waals surface area contributed by atoms with E-state index in [1.54, 1.807) is 19.3 Å². The van der Waals surface area contributed by atoms with E-state index in [0.717, 1.165) is 23.5 Å². The number of amides is 1. The summed E-state index contributed by atoms with van der Waals surface area (Å²) in [5, 5.41) is 3.54. The first-order valence-electron chi connectivity index (χ1n) is 6.49. The highest BCUT2D eigenvalue weighted by molar-refractivity contribution is 7.99. The van der Waals surface area contributed by atoms with Crippen molar-refractivity contribution in [1.82, 2.24) is 5.32 Å². The van der Waals surface area contributed by atoms with Crippen LogP contribution in [0.1, 0.15) is 12.0 Å². The van der Waals surface area contributed by atoms with E-state index in [9.17, 15) is 4.79 Å². The molecule has 0 bridgehead atoms. The lowest BCUT2D eigenvalue weighted by molar-refractivity contribution is -0.117. The highest BCUT2D eigenvalue weighted by Gasteiger charge is 2.34. The lowest BCUT2D eigenvalue weighted by atomic mass is 10.0. The molecule has 0 spiro atoms. The van der Waals surface area contributed by atoms with E-state index >= 15 is 0 Å². The summed E-state index contributed by atoms with van der Waals surface area (Å²) in [6.07, 6.45) is 4.20. The van der Waals surface area contributed by atoms with Crippen molar-refractivity contribution < 1.29 is 9.53 Å². The molecule has 0 radical (unpaired) electrons. The Hall–Kier alpha value is -0.970. The van der Waals surface area contributed by atoms with Crippen LogP contribution in [0.3, 0.4) is 0 Å². The molecule has 1 aromatic carbocycles. The Morgan fingerprint density at radius 2 is 2.35 bits per heavy atom. The molecule has 0 aromatic heterocycles. The van der Waals surface area contributed by atoms with Gasteiger partial charge in [-0.1, -0.05) is 29.8 Å². The first-order chi connectivity index (χ1) is 9.65. The number of methoxy groups -OCH3 is 1. The summed E-state index contributed by atoms with van der Waals surface area (Å²) in [6, 6.07) is 7.42. The molecule has 3 nitrogen and oxygen atoms in total. The fraction of sp³-hybridized carbons (Fsp3) is 0.400. The van der Waals surface area contributed by atoms with Crippen LogP contribution in [-0.2, 0) is 9.53 Å². The lowest BCUT2D eigenvalue weighted by Crippen LogP contribution is -2.44. The van der Waals surface area contributed by atoms with Gasteiger partial charge in [0.1, 0.15) is 0 Å². The van der Waals surface area contributed by atoms with Gasteiger partial charge in [-0.15, -0.1) is 0 Å². The molecule has 20 heavy (non-hydrogen) atoms. The third-order valence-electron chi connectivity index (χ3n) is 3.40. The third kappa shape index (κ3) is 4.01. The second-order valence-electron chi connectivity index (χ2n) is 4.76. The number of carbonyl (C=O) groups excluding carboxylic acids is 1. The van der Waals surface area contributed by atoms with E-state index in [2.05, 4.69) is 5.32 Å². The minimum Gasteiger partial charge on any atom is -0.376 e. The van der Waals surface area contributed by atoms with Crippen LogP contribution < -0.4 is 5.32 Å². The Morgan fingerprint density at radius 3 is 3.00 bits per heavy atom. The average Bonchev–Trinajstić information content (AvgIpc) is 2.94. The van der Waals surface area contributed by atoms with Gasteiger partial charge in [0.05, 0.1) is 5.60 Å². The molecule has 1 aliphatic heterocycles. The van der Waals surface area contributed by atoms with Crippen molar-refractivity contribution in [2.45, 2.75) is 12.0 Å². The number of halogens is 1. The molecule has 1 saturated heterocycles. The summed E-state index contributed by atoms with van der Waals surface area (Å²) in [5.41, 5.74) is 0.626. The molecule has 1 N–H and O–H groups in total. The standard InChI is InChI=1S/C15H18ClNO2S/c1-19-15(8-9-20-11-15)10-17-14(18)7-6-12-4-2-3-5-13(12)16/h2-7H,8-11H2,1H3,(H,17,18). The van der Waals surface area contributed by atoms with Crippen LogP contribution in [-0.4, -0.2) is 36.7 Å². The fourth-order valence-corrected chi connectivity index (χ4v) is 3.64. The third-order valence-corrected chi connectivity index (χ3v) is 4.97. The molecule has 1 aliphatic rings. The average molecular weight is 312 g/mol. The van der Waals surface area contributed by atoms with Gasteiger partial charge < -0.3 is 10.1 Å². The Kier molecular flexibility index (Phi) is 5.52. The van der Waals surface area contributed by atoms with Gasteiger partial charge in [-0.25, -0.2) is 0 Å². The van der Waals surface area contributed by atoms with Gasteiger partial charge in [0.15, 0.2) is 0 Å². The van der Waals surface area contributed by atoms with Crippen molar-refractivity contribution >= 4 is 35.3 Å². The maximum Gasteiger partial charge on any atom is 0.244 e. The minimum atomic E-state index is -0.210. The molecule has 5 heteroatoms. The zero-order valence-electron chi connectivity index (χ0n) is 11.4. The number of benzene rings is 1. The molecule has 1 heterocycles. The number of hydrogen-bond acceptors (Lipinski definition) is 3. The van der Waals surface area contributed by atoms with E-state index < -0.39 is 0 Å². The monoisotopic (exact) mass is 311 g/mol. The Bertz CT molecular complexity index is 498.